The second kappa shape index (κ2) is 7.58. The van der Waals surface area contributed by atoms with E-state index in [2.05, 4.69) is 33.5 Å². The van der Waals surface area contributed by atoms with E-state index in [1.165, 1.54) is 17.2 Å². The Balaban J connectivity index is 1.47. The number of carbonyl (C=O) groups excluding carboxylic acids is 1. The normalized spacial score (nSPS) is 25.9. The van der Waals surface area contributed by atoms with Gasteiger partial charge in [-0.25, -0.2) is 9.97 Å². The second-order valence-electron chi connectivity index (χ2n) is 7.95. The molecule has 6 rings (SSSR count). The third kappa shape index (κ3) is 3.49. The Hall–Kier alpha value is -2.18. The van der Waals surface area contributed by atoms with Crippen LogP contribution in [-0.4, -0.2) is 29.1 Å². The molecule has 3 aliphatic carbocycles. The zero-order valence-electron chi connectivity index (χ0n) is 16.1. The number of esters is 1. The molecule has 29 heavy (non-hydrogen) atoms. The average molecular weight is 428 g/mol. The lowest BCUT2D eigenvalue weighted by Gasteiger charge is -2.47. The third-order valence-corrected chi connectivity index (χ3v) is 7.69. The minimum absolute atomic E-state index is 0.0242. The molecule has 0 aliphatic heterocycles. The molecule has 0 spiro atoms. The highest BCUT2D eigenvalue weighted by atomic mass is 35.5. The van der Waals surface area contributed by atoms with E-state index in [0.29, 0.717) is 17.7 Å². The largest absolute Gasteiger partial charge is 0.469 e. The number of nitrogens with zero attached hydrogens (tertiary/aromatic N) is 2. The number of hydrogen-bond donors (Lipinski definition) is 1. The molecule has 1 aromatic carbocycles. The molecule has 0 saturated heterocycles. The van der Waals surface area contributed by atoms with Crippen molar-refractivity contribution in [2.24, 2.45) is 17.8 Å². The van der Waals surface area contributed by atoms with Gasteiger partial charge in [-0.15, -0.1) is 11.3 Å². The number of anilines is 1. The number of carbonyl (C=O) groups is 1. The van der Waals surface area contributed by atoms with Crippen LogP contribution in [0.1, 0.15) is 25.7 Å². The van der Waals surface area contributed by atoms with Crippen LogP contribution in [0.4, 0.5) is 5.82 Å². The van der Waals surface area contributed by atoms with E-state index in [1.54, 1.807) is 11.3 Å². The predicted octanol–water partition coefficient (Wildman–Crippen LogP) is 5.40. The predicted molar refractivity (Wildman–Crippen MR) is 116 cm³/mol. The fourth-order valence-electron chi connectivity index (χ4n) is 5.03. The van der Waals surface area contributed by atoms with Gasteiger partial charge in [0.05, 0.1) is 23.6 Å². The maximum atomic E-state index is 12.5. The van der Waals surface area contributed by atoms with Gasteiger partial charge >= 0.3 is 5.97 Å². The molecule has 3 fully saturated rings. The first-order chi connectivity index (χ1) is 14.1. The molecule has 3 saturated carbocycles. The molecule has 2 aromatic heterocycles. The first-order valence-electron chi connectivity index (χ1n) is 10.0. The standard InChI is InChI=1S/C22H22ClN3O2S/c1-28-21(27)19-12-6-8-13(9-7-12)20(19)25-18-11-15(24-22(23)26-18)17-10-14-4-2-3-5-16(14)29-17/h2-5,10-13,19-20H,6-9H2,1H3,(H,24,25,26). The Morgan fingerprint density at radius 2 is 1.90 bits per heavy atom. The maximum absolute atomic E-state index is 12.5. The number of hydrogen-bond acceptors (Lipinski definition) is 6. The van der Waals surface area contributed by atoms with Crippen molar-refractivity contribution < 1.29 is 9.53 Å². The van der Waals surface area contributed by atoms with Gasteiger partial charge in [0.15, 0.2) is 0 Å². The fourth-order valence-corrected chi connectivity index (χ4v) is 6.23. The number of fused-ring (bicyclic) bond motifs is 4. The Morgan fingerprint density at radius 1 is 1.14 bits per heavy atom. The summed E-state index contributed by atoms with van der Waals surface area (Å²) in [6.45, 7) is 0. The summed E-state index contributed by atoms with van der Waals surface area (Å²) >= 11 is 7.96. The monoisotopic (exact) mass is 427 g/mol. The van der Waals surface area contributed by atoms with Gasteiger partial charge in [0.2, 0.25) is 5.28 Å². The number of halogens is 1. The minimum Gasteiger partial charge on any atom is -0.469 e. The molecule has 3 aromatic rings. The number of aromatic nitrogens is 2. The molecule has 7 heteroatoms. The van der Waals surface area contributed by atoms with Crippen molar-refractivity contribution in [2.75, 3.05) is 12.4 Å². The highest BCUT2D eigenvalue weighted by Gasteiger charge is 2.47. The van der Waals surface area contributed by atoms with Crippen molar-refractivity contribution in [3.05, 3.63) is 41.7 Å². The van der Waals surface area contributed by atoms with Gasteiger partial charge in [-0.05, 0) is 66.6 Å². The molecule has 2 heterocycles. The zero-order valence-corrected chi connectivity index (χ0v) is 17.7. The van der Waals surface area contributed by atoms with Crippen molar-refractivity contribution in [1.82, 2.24) is 9.97 Å². The van der Waals surface area contributed by atoms with E-state index in [9.17, 15) is 4.79 Å². The third-order valence-electron chi connectivity index (χ3n) is 6.38. The molecule has 5 nitrogen and oxygen atoms in total. The van der Waals surface area contributed by atoms with E-state index in [0.717, 1.165) is 36.3 Å². The molecule has 2 bridgehead atoms. The molecule has 0 radical (unpaired) electrons. The second-order valence-corrected chi connectivity index (χ2v) is 9.37. The van der Waals surface area contributed by atoms with E-state index < -0.39 is 0 Å². The molecule has 3 aliphatic rings. The lowest BCUT2D eigenvalue weighted by molar-refractivity contribution is -0.152. The van der Waals surface area contributed by atoms with Crippen LogP contribution in [0.2, 0.25) is 5.28 Å². The van der Waals surface area contributed by atoms with Crippen LogP contribution in [0.15, 0.2) is 36.4 Å². The molecule has 0 amide bonds. The van der Waals surface area contributed by atoms with Gasteiger partial charge in [-0.3, -0.25) is 4.79 Å². The van der Waals surface area contributed by atoms with E-state index >= 15 is 0 Å². The Bertz CT molecular complexity index is 1030. The van der Waals surface area contributed by atoms with Crippen LogP contribution >= 0.6 is 22.9 Å². The highest BCUT2D eigenvalue weighted by Crippen LogP contribution is 2.46. The van der Waals surface area contributed by atoms with Crippen LogP contribution < -0.4 is 5.32 Å². The summed E-state index contributed by atoms with van der Waals surface area (Å²) in [4.78, 5) is 22.4. The maximum Gasteiger partial charge on any atom is 0.311 e. The fraction of sp³-hybridized carbons (Fsp3) is 0.409. The first-order valence-corrected chi connectivity index (χ1v) is 11.2. The van der Waals surface area contributed by atoms with Gasteiger partial charge in [-0.1, -0.05) is 18.2 Å². The smallest absolute Gasteiger partial charge is 0.311 e. The van der Waals surface area contributed by atoms with Gasteiger partial charge in [-0.2, -0.15) is 0 Å². The molecule has 2 unspecified atom stereocenters. The number of rotatable bonds is 4. The van der Waals surface area contributed by atoms with E-state index in [-0.39, 0.29) is 23.2 Å². The van der Waals surface area contributed by atoms with Gasteiger partial charge in [0, 0.05) is 16.8 Å². The van der Waals surface area contributed by atoms with Crippen LogP contribution in [0.5, 0.6) is 0 Å². The Morgan fingerprint density at radius 3 is 2.66 bits per heavy atom. The van der Waals surface area contributed by atoms with E-state index in [4.69, 9.17) is 16.3 Å². The summed E-state index contributed by atoms with van der Waals surface area (Å²) in [6, 6.07) is 12.4. The summed E-state index contributed by atoms with van der Waals surface area (Å²) in [7, 11) is 1.47. The van der Waals surface area contributed by atoms with Crippen LogP contribution in [0, 0.1) is 17.8 Å². The minimum atomic E-state index is -0.131. The quantitative estimate of drug-likeness (QED) is 0.446. The summed E-state index contributed by atoms with van der Waals surface area (Å²) in [5.74, 6) is 1.25. The SMILES string of the molecule is COC(=O)C1C2CCC(CC2)C1Nc1cc(-c2cc3ccccc3s2)nc(Cl)n1. The van der Waals surface area contributed by atoms with Crippen LogP contribution in [0.25, 0.3) is 20.7 Å². The molecule has 150 valence electrons. The van der Waals surface area contributed by atoms with Gasteiger partial charge in [0.1, 0.15) is 5.82 Å². The van der Waals surface area contributed by atoms with Crippen molar-refractivity contribution in [3.8, 4) is 10.6 Å². The van der Waals surface area contributed by atoms with Gasteiger partial charge < -0.3 is 10.1 Å². The average Bonchev–Trinajstić information content (AvgIpc) is 3.18. The number of ether oxygens (including phenoxy) is 1. The topological polar surface area (TPSA) is 64.1 Å². The Kier molecular flexibility index (Phi) is 4.92. The molecular weight excluding hydrogens is 406 g/mol. The van der Waals surface area contributed by atoms with Crippen LogP contribution in [-0.2, 0) is 9.53 Å². The van der Waals surface area contributed by atoms with Crippen molar-refractivity contribution >= 4 is 44.8 Å². The summed E-state index contributed by atoms with van der Waals surface area (Å²) in [5.41, 5.74) is 0.796. The summed E-state index contributed by atoms with van der Waals surface area (Å²) in [5, 5.41) is 4.92. The number of thiophene rings is 1. The molecule has 1 N–H and O–H groups in total. The highest BCUT2D eigenvalue weighted by molar-refractivity contribution is 7.22. The summed E-state index contributed by atoms with van der Waals surface area (Å²) < 4.78 is 6.33. The van der Waals surface area contributed by atoms with Crippen molar-refractivity contribution in [3.63, 3.8) is 0 Å². The van der Waals surface area contributed by atoms with Crippen LogP contribution in [0.3, 0.4) is 0 Å². The number of methoxy groups -OCH3 is 1. The lowest BCUT2D eigenvalue weighted by atomic mass is 9.61. The van der Waals surface area contributed by atoms with Crippen molar-refractivity contribution in [2.45, 2.75) is 31.7 Å². The Labute approximate surface area is 178 Å². The lowest BCUT2D eigenvalue weighted by Crippen LogP contribution is -2.51. The number of nitrogens with one attached hydrogen (secondary N) is 1. The number of benzene rings is 1. The van der Waals surface area contributed by atoms with Crippen molar-refractivity contribution in [1.29, 1.82) is 0 Å². The van der Waals surface area contributed by atoms with E-state index in [1.807, 2.05) is 18.2 Å². The zero-order chi connectivity index (χ0) is 20.0. The van der Waals surface area contributed by atoms with Gasteiger partial charge in [0.25, 0.3) is 0 Å². The summed E-state index contributed by atoms with van der Waals surface area (Å²) in [6.07, 6.45) is 4.47. The molecule has 2 atom stereocenters. The first kappa shape index (κ1) is 18.8. The molecular formula is C22H22ClN3O2S.